The minimum atomic E-state index is -1.74. The highest BCUT2D eigenvalue weighted by molar-refractivity contribution is 5.96. The van der Waals surface area contributed by atoms with Gasteiger partial charge in [0.25, 0.3) is 0 Å². The number of piperidine rings is 1. The number of ether oxygens (including phenoxy) is 1. The van der Waals surface area contributed by atoms with Crippen molar-refractivity contribution in [3.63, 3.8) is 0 Å². The van der Waals surface area contributed by atoms with Gasteiger partial charge in [0.05, 0.1) is 26.7 Å². The lowest BCUT2D eigenvalue weighted by Gasteiger charge is -2.40. The molecule has 2 aliphatic rings. The summed E-state index contributed by atoms with van der Waals surface area (Å²) >= 11 is 0. The van der Waals surface area contributed by atoms with Crippen molar-refractivity contribution in [2.45, 2.75) is 37.4 Å². The molecule has 5 heteroatoms. The number of aliphatic hydroxyl groups is 1. The summed E-state index contributed by atoms with van der Waals surface area (Å²) in [4.78, 5) is 17.8. The van der Waals surface area contributed by atoms with E-state index < -0.39 is 11.6 Å². The van der Waals surface area contributed by atoms with Crippen molar-refractivity contribution >= 4 is 5.97 Å². The van der Waals surface area contributed by atoms with Crippen LogP contribution in [0.4, 0.5) is 0 Å². The molecule has 5 rings (SSSR count). The van der Waals surface area contributed by atoms with E-state index in [9.17, 15) is 9.90 Å². The summed E-state index contributed by atoms with van der Waals surface area (Å²) < 4.78 is 6.93. The van der Waals surface area contributed by atoms with Gasteiger partial charge in [0.1, 0.15) is 6.10 Å². The molecule has 3 aromatic rings. The van der Waals surface area contributed by atoms with E-state index in [0.717, 1.165) is 66.6 Å². The fraction of sp³-hybridized carbons (Fsp3) is 0.357. The summed E-state index contributed by atoms with van der Waals surface area (Å²) in [6, 6.07) is 21.2. The van der Waals surface area contributed by atoms with E-state index in [-0.39, 0.29) is 6.10 Å². The minimum Gasteiger partial charge on any atom is -0.459 e. The number of pyridine rings is 1. The highest BCUT2D eigenvalue weighted by atomic mass is 16.6. The van der Waals surface area contributed by atoms with Crippen LogP contribution in [-0.4, -0.2) is 53.3 Å². The molecule has 1 N–H and O–H groups in total. The standard InChI is InChI=1S/C28H31N2O3/c1-30(18-8-10-21-9-6-7-17-29-21)19-15-22(16-20-30)33-27(31)28(32)25-13-4-2-11-23(25)24-12-3-5-14-26(24)28/h2-7,9,11-14,17,22,32H,8,10,15-16,18-20H2,1H3/q+1. The molecule has 0 bridgehead atoms. The zero-order chi connectivity index (χ0) is 22.9. The van der Waals surface area contributed by atoms with Crippen LogP contribution >= 0.6 is 0 Å². The normalized spacial score (nSPS) is 22.9. The molecular weight excluding hydrogens is 412 g/mol. The molecule has 0 amide bonds. The van der Waals surface area contributed by atoms with Gasteiger partial charge in [-0.2, -0.15) is 0 Å². The lowest BCUT2D eigenvalue weighted by atomic mass is 9.91. The van der Waals surface area contributed by atoms with Gasteiger partial charge in [-0.25, -0.2) is 4.79 Å². The maximum atomic E-state index is 13.4. The molecule has 0 atom stereocenters. The fourth-order valence-corrected chi connectivity index (χ4v) is 5.37. The molecule has 1 aliphatic carbocycles. The molecule has 1 fully saturated rings. The zero-order valence-corrected chi connectivity index (χ0v) is 19.1. The van der Waals surface area contributed by atoms with Crippen molar-refractivity contribution in [2.24, 2.45) is 0 Å². The quantitative estimate of drug-likeness (QED) is 0.461. The summed E-state index contributed by atoms with van der Waals surface area (Å²) in [6.45, 7) is 3.01. The van der Waals surface area contributed by atoms with Crippen LogP contribution in [-0.2, 0) is 21.6 Å². The number of aryl methyl sites for hydroxylation is 1. The number of fused-ring (bicyclic) bond motifs is 3. The van der Waals surface area contributed by atoms with Crippen LogP contribution in [0.2, 0.25) is 0 Å². The minimum absolute atomic E-state index is 0.163. The largest absolute Gasteiger partial charge is 0.459 e. The van der Waals surface area contributed by atoms with E-state index in [4.69, 9.17) is 4.74 Å². The topological polar surface area (TPSA) is 59.4 Å². The van der Waals surface area contributed by atoms with Crippen LogP contribution in [0.25, 0.3) is 11.1 Å². The van der Waals surface area contributed by atoms with Crippen molar-refractivity contribution in [2.75, 3.05) is 26.7 Å². The van der Waals surface area contributed by atoms with E-state index in [1.54, 1.807) is 0 Å². The van der Waals surface area contributed by atoms with Crippen LogP contribution in [0.15, 0.2) is 72.9 Å². The Morgan fingerprint density at radius 3 is 2.21 bits per heavy atom. The number of hydrogen-bond donors (Lipinski definition) is 1. The van der Waals surface area contributed by atoms with Gasteiger partial charge in [0.2, 0.25) is 5.60 Å². The number of likely N-dealkylation sites (tertiary alicyclic amines) is 1. The van der Waals surface area contributed by atoms with Gasteiger partial charge in [-0.15, -0.1) is 0 Å². The summed E-state index contributed by atoms with van der Waals surface area (Å²) in [6.07, 6.45) is 5.38. The SMILES string of the molecule is C[N+]1(CCCc2ccccn2)CCC(OC(=O)C2(O)c3ccccc3-c3ccccc32)CC1. The first-order chi connectivity index (χ1) is 16.0. The van der Waals surface area contributed by atoms with E-state index >= 15 is 0 Å². The Morgan fingerprint density at radius 2 is 1.61 bits per heavy atom. The average Bonchev–Trinajstić information content (AvgIpc) is 3.11. The third kappa shape index (κ3) is 4.07. The number of rotatable bonds is 6. The molecule has 2 aromatic carbocycles. The number of benzene rings is 2. The average molecular weight is 444 g/mol. The Balaban J connectivity index is 1.22. The van der Waals surface area contributed by atoms with Crippen molar-refractivity contribution in [1.29, 1.82) is 0 Å². The highest BCUT2D eigenvalue weighted by Crippen LogP contribution is 2.48. The van der Waals surface area contributed by atoms with Gasteiger partial charge in [0, 0.05) is 42.3 Å². The fourth-order valence-electron chi connectivity index (χ4n) is 5.37. The Hall–Kier alpha value is -3.02. The number of quaternary nitrogens is 1. The number of esters is 1. The Morgan fingerprint density at radius 1 is 1.00 bits per heavy atom. The Bertz CT molecular complexity index is 1090. The molecule has 0 unspecified atom stereocenters. The van der Waals surface area contributed by atoms with Crippen molar-refractivity contribution < 1.29 is 19.1 Å². The Kier molecular flexibility index (Phi) is 5.77. The van der Waals surface area contributed by atoms with Crippen molar-refractivity contribution in [3.05, 3.63) is 89.7 Å². The van der Waals surface area contributed by atoms with Crippen LogP contribution in [0.1, 0.15) is 36.1 Å². The number of carbonyl (C=O) groups is 1. The first-order valence-electron chi connectivity index (χ1n) is 11.9. The summed E-state index contributed by atoms with van der Waals surface area (Å²) in [5.74, 6) is -0.559. The van der Waals surface area contributed by atoms with E-state index in [2.05, 4.69) is 18.1 Å². The van der Waals surface area contributed by atoms with Crippen molar-refractivity contribution in [3.8, 4) is 11.1 Å². The van der Waals surface area contributed by atoms with Gasteiger partial charge in [-0.1, -0.05) is 54.6 Å². The van der Waals surface area contributed by atoms with Crippen LogP contribution in [0.5, 0.6) is 0 Å². The predicted molar refractivity (Wildman–Crippen MR) is 127 cm³/mol. The monoisotopic (exact) mass is 443 g/mol. The maximum absolute atomic E-state index is 13.4. The lowest BCUT2D eigenvalue weighted by molar-refractivity contribution is -0.915. The molecular formula is C28H31N2O3+. The molecule has 1 aromatic heterocycles. The summed E-state index contributed by atoms with van der Waals surface area (Å²) in [5, 5.41) is 11.6. The molecule has 5 nitrogen and oxygen atoms in total. The molecule has 2 heterocycles. The molecule has 1 saturated heterocycles. The summed E-state index contributed by atoms with van der Waals surface area (Å²) in [7, 11) is 2.29. The maximum Gasteiger partial charge on any atom is 0.348 e. The molecule has 33 heavy (non-hydrogen) atoms. The van der Waals surface area contributed by atoms with Gasteiger partial charge >= 0.3 is 5.97 Å². The second-order valence-corrected chi connectivity index (χ2v) is 9.62. The van der Waals surface area contributed by atoms with Gasteiger partial charge in [-0.05, 0) is 29.7 Å². The number of nitrogens with zero attached hydrogens (tertiary/aromatic N) is 2. The van der Waals surface area contributed by atoms with Gasteiger partial charge in [0.15, 0.2) is 0 Å². The second-order valence-electron chi connectivity index (χ2n) is 9.62. The first-order valence-corrected chi connectivity index (χ1v) is 11.9. The summed E-state index contributed by atoms with van der Waals surface area (Å²) in [5.41, 5.74) is 2.41. The number of aromatic nitrogens is 1. The highest BCUT2D eigenvalue weighted by Gasteiger charge is 2.50. The molecule has 1 aliphatic heterocycles. The Labute approximate surface area is 195 Å². The molecule has 0 saturated carbocycles. The molecule has 0 spiro atoms. The molecule has 170 valence electrons. The van der Waals surface area contributed by atoms with Crippen molar-refractivity contribution in [1.82, 2.24) is 4.98 Å². The van der Waals surface area contributed by atoms with Gasteiger partial charge in [-0.3, -0.25) is 4.98 Å². The number of carbonyl (C=O) groups excluding carboxylic acids is 1. The number of hydrogen-bond acceptors (Lipinski definition) is 4. The third-order valence-electron chi connectivity index (χ3n) is 7.33. The van der Waals surface area contributed by atoms with Gasteiger partial charge < -0.3 is 14.3 Å². The smallest absolute Gasteiger partial charge is 0.348 e. The second kappa shape index (κ2) is 8.73. The van der Waals surface area contributed by atoms with Crippen LogP contribution in [0.3, 0.4) is 0 Å². The zero-order valence-electron chi connectivity index (χ0n) is 19.1. The lowest BCUT2D eigenvalue weighted by Crippen LogP contribution is -2.52. The first kappa shape index (κ1) is 21.8. The predicted octanol–water partition coefficient (Wildman–Crippen LogP) is 4.08. The van der Waals surface area contributed by atoms with Crippen LogP contribution < -0.4 is 0 Å². The van der Waals surface area contributed by atoms with E-state index in [1.165, 1.54) is 0 Å². The van der Waals surface area contributed by atoms with E-state index in [0.29, 0.717) is 11.1 Å². The molecule has 0 radical (unpaired) electrons. The third-order valence-corrected chi connectivity index (χ3v) is 7.33. The van der Waals surface area contributed by atoms with E-state index in [1.807, 2.05) is 66.9 Å². The van der Waals surface area contributed by atoms with Crippen LogP contribution in [0, 0.1) is 0 Å².